The molecule has 2 aromatic rings. The lowest BCUT2D eigenvalue weighted by Crippen LogP contribution is -2.30. The van der Waals surface area contributed by atoms with Crippen LogP contribution in [0.5, 0.6) is 0 Å². The van der Waals surface area contributed by atoms with E-state index in [2.05, 4.69) is 26.8 Å². The molecule has 3 nitrogen and oxygen atoms in total. The van der Waals surface area contributed by atoms with Gasteiger partial charge in [-0.2, -0.15) is 5.10 Å². The molecule has 120 valence electrons. The number of piperidine rings is 1. The first kappa shape index (κ1) is 15.8. The zero-order valence-electron chi connectivity index (χ0n) is 13.3. The minimum absolute atomic E-state index is 0.626. The summed E-state index contributed by atoms with van der Waals surface area (Å²) in [6, 6.07) is 8.21. The lowest BCUT2D eigenvalue weighted by atomic mass is 10.1. The Balaban J connectivity index is 1.37. The number of aromatic nitrogens is 2. The average Bonchev–Trinajstić information content (AvgIpc) is 2.88. The van der Waals surface area contributed by atoms with Gasteiger partial charge in [0.25, 0.3) is 0 Å². The molecular weight excluding hydrogens is 294 g/mol. The average molecular weight is 320 g/mol. The molecule has 0 amide bonds. The highest BCUT2D eigenvalue weighted by atomic mass is 35.5. The van der Waals surface area contributed by atoms with E-state index in [0.29, 0.717) is 5.15 Å². The van der Waals surface area contributed by atoms with Gasteiger partial charge in [-0.1, -0.05) is 43.0 Å². The van der Waals surface area contributed by atoms with Crippen LogP contribution in [-0.2, 0) is 6.54 Å². The van der Waals surface area contributed by atoms with Gasteiger partial charge in [0.05, 0.1) is 5.52 Å². The zero-order valence-corrected chi connectivity index (χ0v) is 14.1. The van der Waals surface area contributed by atoms with Crippen LogP contribution in [0.3, 0.4) is 0 Å². The standard InChI is InChI=1S/C18H26ClN3/c19-18-16-10-4-5-11-17(16)22(20-18)15-9-2-1-6-12-21-13-7-3-8-14-21/h4-5,10-11H,1-3,6-9,12-15H2. The summed E-state index contributed by atoms with van der Waals surface area (Å²) in [6.45, 7) is 4.89. The third kappa shape index (κ3) is 4.02. The Kier molecular flexibility index (Phi) is 5.74. The maximum absolute atomic E-state index is 6.19. The van der Waals surface area contributed by atoms with Crippen LogP contribution in [0.25, 0.3) is 10.9 Å². The van der Waals surface area contributed by atoms with Crippen molar-refractivity contribution in [3.63, 3.8) is 0 Å². The summed E-state index contributed by atoms with van der Waals surface area (Å²) in [5.41, 5.74) is 1.15. The minimum atomic E-state index is 0.626. The van der Waals surface area contributed by atoms with Gasteiger partial charge in [-0.3, -0.25) is 4.68 Å². The molecule has 2 heterocycles. The number of hydrogen-bond donors (Lipinski definition) is 0. The lowest BCUT2D eigenvalue weighted by Gasteiger charge is -2.26. The van der Waals surface area contributed by atoms with Gasteiger partial charge in [-0.05, 0) is 57.5 Å². The second-order valence-corrected chi connectivity index (χ2v) is 6.71. The fraction of sp³-hybridized carbons (Fsp3) is 0.611. The molecule has 1 aliphatic heterocycles. The molecule has 0 radical (unpaired) electrons. The number of likely N-dealkylation sites (tertiary alicyclic amines) is 1. The largest absolute Gasteiger partial charge is 0.303 e. The molecule has 22 heavy (non-hydrogen) atoms. The van der Waals surface area contributed by atoms with E-state index in [1.165, 1.54) is 64.6 Å². The second-order valence-electron chi connectivity index (χ2n) is 6.35. The van der Waals surface area contributed by atoms with Crippen molar-refractivity contribution in [2.24, 2.45) is 0 Å². The molecule has 0 atom stereocenters. The first-order chi connectivity index (χ1) is 10.8. The molecule has 0 unspecified atom stereocenters. The van der Waals surface area contributed by atoms with E-state index in [-0.39, 0.29) is 0 Å². The van der Waals surface area contributed by atoms with Crippen molar-refractivity contribution < 1.29 is 0 Å². The smallest absolute Gasteiger partial charge is 0.158 e. The fourth-order valence-corrected chi connectivity index (χ4v) is 3.64. The summed E-state index contributed by atoms with van der Waals surface area (Å²) in [5.74, 6) is 0. The Hall–Kier alpha value is -1.06. The van der Waals surface area contributed by atoms with E-state index in [1.807, 2.05) is 12.1 Å². The van der Waals surface area contributed by atoms with Crippen LogP contribution in [0.4, 0.5) is 0 Å². The van der Waals surface area contributed by atoms with Gasteiger partial charge >= 0.3 is 0 Å². The van der Waals surface area contributed by atoms with Crippen LogP contribution in [-0.4, -0.2) is 34.3 Å². The quantitative estimate of drug-likeness (QED) is 0.687. The van der Waals surface area contributed by atoms with Crippen LogP contribution in [0.15, 0.2) is 24.3 Å². The Morgan fingerprint density at radius 1 is 0.909 bits per heavy atom. The summed E-state index contributed by atoms with van der Waals surface area (Å²) in [4.78, 5) is 2.63. The number of para-hydroxylation sites is 1. The van der Waals surface area contributed by atoms with Gasteiger partial charge in [0, 0.05) is 11.9 Å². The molecule has 1 aromatic heterocycles. The van der Waals surface area contributed by atoms with Crippen LogP contribution in [0.1, 0.15) is 44.9 Å². The maximum Gasteiger partial charge on any atom is 0.158 e. The number of unbranched alkanes of at least 4 members (excludes halogenated alkanes) is 3. The van der Waals surface area contributed by atoms with Crippen LogP contribution < -0.4 is 0 Å². The van der Waals surface area contributed by atoms with Crippen molar-refractivity contribution >= 4 is 22.5 Å². The molecule has 0 aliphatic carbocycles. The zero-order chi connectivity index (χ0) is 15.2. The molecule has 3 rings (SSSR count). The first-order valence-corrected chi connectivity index (χ1v) is 9.06. The molecule has 0 spiro atoms. The monoisotopic (exact) mass is 319 g/mol. The number of aryl methyl sites for hydroxylation is 1. The normalized spacial score (nSPS) is 16.4. The molecule has 0 bridgehead atoms. The molecule has 1 saturated heterocycles. The highest BCUT2D eigenvalue weighted by Gasteiger charge is 2.09. The highest BCUT2D eigenvalue weighted by molar-refractivity contribution is 6.34. The minimum Gasteiger partial charge on any atom is -0.303 e. The molecule has 0 N–H and O–H groups in total. The van der Waals surface area contributed by atoms with Crippen molar-refractivity contribution in [2.45, 2.75) is 51.5 Å². The Morgan fingerprint density at radius 3 is 2.45 bits per heavy atom. The van der Waals surface area contributed by atoms with Gasteiger partial charge in [0.15, 0.2) is 5.15 Å². The Morgan fingerprint density at radius 2 is 1.64 bits per heavy atom. The molecule has 1 aromatic carbocycles. The van der Waals surface area contributed by atoms with E-state index in [1.54, 1.807) is 0 Å². The number of benzene rings is 1. The highest BCUT2D eigenvalue weighted by Crippen LogP contribution is 2.22. The van der Waals surface area contributed by atoms with E-state index >= 15 is 0 Å². The van der Waals surface area contributed by atoms with Crippen molar-refractivity contribution in [1.29, 1.82) is 0 Å². The summed E-state index contributed by atoms with van der Waals surface area (Å²) < 4.78 is 2.06. The molecular formula is C18H26ClN3. The second kappa shape index (κ2) is 7.98. The van der Waals surface area contributed by atoms with Gasteiger partial charge in [0.2, 0.25) is 0 Å². The first-order valence-electron chi connectivity index (χ1n) is 8.68. The molecule has 1 fully saturated rings. The van der Waals surface area contributed by atoms with Crippen LogP contribution in [0, 0.1) is 0 Å². The van der Waals surface area contributed by atoms with Crippen LogP contribution in [0.2, 0.25) is 5.15 Å². The van der Waals surface area contributed by atoms with E-state index in [4.69, 9.17) is 11.6 Å². The Labute approximate surface area is 138 Å². The van der Waals surface area contributed by atoms with E-state index < -0.39 is 0 Å². The predicted octanol–water partition coefficient (Wildman–Crippen LogP) is 4.74. The number of nitrogens with zero attached hydrogens (tertiary/aromatic N) is 3. The summed E-state index contributed by atoms with van der Waals surface area (Å²) in [7, 11) is 0. The van der Waals surface area contributed by atoms with Gasteiger partial charge < -0.3 is 4.90 Å². The number of rotatable bonds is 7. The number of fused-ring (bicyclic) bond motifs is 1. The van der Waals surface area contributed by atoms with Gasteiger partial charge in [0.1, 0.15) is 0 Å². The summed E-state index contributed by atoms with van der Waals surface area (Å²) in [6.07, 6.45) is 9.34. The summed E-state index contributed by atoms with van der Waals surface area (Å²) in [5, 5.41) is 6.14. The fourth-order valence-electron chi connectivity index (χ4n) is 3.39. The van der Waals surface area contributed by atoms with Crippen molar-refractivity contribution in [3.05, 3.63) is 29.4 Å². The maximum atomic E-state index is 6.19. The molecule has 0 saturated carbocycles. The Bertz CT molecular complexity index is 587. The van der Waals surface area contributed by atoms with Gasteiger partial charge in [-0.15, -0.1) is 0 Å². The SMILES string of the molecule is Clc1nn(CCCCCCN2CCCCC2)c2ccccc12. The van der Waals surface area contributed by atoms with Crippen LogP contribution >= 0.6 is 11.6 Å². The molecule has 1 aliphatic rings. The topological polar surface area (TPSA) is 21.1 Å². The van der Waals surface area contributed by atoms with Crippen molar-refractivity contribution in [3.8, 4) is 0 Å². The van der Waals surface area contributed by atoms with Crippen molar-refractivity contribution in [2.75, 3.05) is 19.6 Å². The van der Waals surface area contributed by atoms with E-state index in [9.17, 15) is 0 Å². The van der Waals surface area contributed by atoms with Gasteiger partial charge in [-0.25, -0.2) is 0 Å². The van der Waals surface area contributed by atoms with Crippen molar-refractivity contribution in [1.82, 2.24) is 14.7 Å². The summed E-state index contributed by atoms with van der Waals surface area (Å²) >= 11 is 6.19. The molecule has 4 heteroatoms. The lowest BCUT2D eigenvalue weighted by molar-refractivity contribution is 0.224. The number of halogens is 1. The third-order valence-corrected chi connectivity index (χ3v) is 4.94. The third-order valence-electron chi connectivity index (χ3n) is 4.66. The predicted molar refractivity (Wildman–Crippen MR) is 93.5 cm³/mol. The number of hydrogen-bond acceptors (Lipinski definition) is 2. The van der Waals surface area contributed by atoms with E-state index in [0.717, 1.165) is 17.4 Å².